The Balaban J connectivity index is 1.52. The molecule has 2 aliphatic rings. The second-order valence-corrected chi connectivity index (χ2v) is 9.38. The number of Topliss-reactive ketones (excluding diaryl/α,β-unsaturated/α-hetero) is 1. The summed E-state index contributed by atoms with van der Waals surface area (Å²) < 4.78 is 13.3. The van der Waals surface area contributed by atoms with Crippen molar-refractivity contribution in [2.45, 2.75) is 31.6 Å². The minimum absolute atomic E-state index is 0.0654. The number of hydrogen-bond acceptors (Lipinski definition) is 4. The van der Waals surface area contributed by atoms with Crippen LogP contribution in [-0.4, -0.2) is 11.7 Å². The summed E-state index contributed by atoms with van der Waals surface area (Å²) in [6, 6.07) is 19.7. The van der Waals surface area contributed by atoms with Crippen LogP contribution in [-0.2, 0) is 9.59 Å². The van der Waals surface area contributed by atoms with Crippen molar-refractivity contribution in [1.82, 2.24) is 5.32 Å². The Morgan fingerprint density at radius 2 is 1.79 bits per heavy atom. The molecule has 2 atom stereocenters. The van der Waals surface area contributed by atoms with Gasteiger partial charge in [0.25, 0.3) is 5.91 Å². The molecule has 5 rings (SSSR count). The summed E-state index contributed by atoms with van der Waals surface area (Å²) in [6.45, 7) is 1.88. The van der Waals surface area contributed by atoms with Gasteiger partial charge in [-0.2, -0.15) is 0 Å². The van der Waals surface area contributed by atoms with Gasteiger partial charge in [-0.15, -0.1) is 11.3 Å². The third-order valence-corrected chi connectivity index (χ3v) is 7.21. The molecule has 166 valence electrons. The number of benzene rings is 2. The van der Waals surface area contributed by atoms with Crippen LogP contribution in [0.4, 0.5) is 10.1 Å². The summed E-state index contributed by atoms with van der Waals surface area (Å²) in [7, 11) is 0. The Bertz CT molecular complexity index is 1260. The number of carbonyl (C=O) groups is 2. The van der Waals surface area contributed by atoms with E-state index in [1.807, 2.05) is 42.6 Å². The van der Waals surface area contributed by atoms with E-state index in [1.54, 1.807) is 0 Å². The number of thiophene rings is 1. The monoisotopic (exact) mass is 458 g/mol. The van der Waals surface area contributed by atoms with Gasteiger partial charge in [0.05, 0.1) is 5.92 Å². The number of rotatable bonds is 4. The van der Waals surface area contributed by atoms with Gasteiger partial charge in [0.1, 0.15) is 5.82 Å². The van der Waals surface area contributed by atoms with Crippen molar-refractivity contribution >= 4 is 28.7 Å². The molecule has 2 aromatic carbocycles. The number of carbonyl (C=O) groups excluding carboxylic acids is 2. The number of amides is 1. The van der Waals surface area contributed by atoms with Crippen LogP contribution in [0.5, 0.6) is 0 Å². The minimum Gasteiger partial charge on any atom is -0.362 e. The number of hydrogen-bond donors (Lipinski definition) is 2. The Morgan fingerprint density at radius 1 is 1.03 bits per heavy atom. The predicted molar refractivity (Wildman–Crippen MR) is 128 cm³/mol. The van der Waals surface area contributed by atoms with E-state index in [4.69, 9.17) is 0 Å². The van der Waals surface area contributed by atoms with Crippen molar-refractivity contribution in [1.29, 1.82) is 0 Å². The first-order valence-electron chi connectivity index (χ1n) is 10.9. The average molecular weight is 459 g/mol. The average Bonchev–Trinajstić information content (AvgIpc) is 3.35. The van der Waals surface area contributed by atoms with Gasteiger partial charge < -0.3 is 10.6 Å². The lowest BCUT2D eigenvalue weighted by Gasteiger charge is -2.36. The zero-order valence-electron chi connectivity index (χ0n) is 18.1. The smallest absolute Gasteiger partial charge is 0.254 e. The second-order valence-electron chi connectivity index (χ2n) is 8.40. The standard InChI is InChI=1S/C27H23FN2O2S/c1-16-24(27(32)30-20-11-9-19(28)10-12-20)26(23-8-5-13-33-23)25-21(29-16)14-18(15-22(25)31)17-6-3-2-4-7-17/h2-13,18,26,29H,14-15H2,1H3,(H,30,32). The van der Waals surface area contributed by atoms with Crippen molar-refractivity contribution in [3.8, 4) is 0 Å². The van der Waals surface area contributed by atoms with Crippen molar-refractivity contribution in [3.63, 3.8) is 0 Å². The summed E-state index contributed by atoms with van der Waals surface area (Å²) in [6.07, 6.45) is 1.13. The fraction of sp³-hybridized carbons (Fsp3) is 0.185. The van der Waals surface area contributed by atoms with Gasteiger partial charge in [-0.25, -0.2) is 4.39 Å². The molecule has 0 fully saturated rings. The summed E-state index contributed by atoms with van der Waals surface area (Å²) in [5.41, 5.74) is 4.48. The predicted octanol–water partition coefficient (Wildman–Crippen LogP) is 5.89. The number of ketones is 1. The maximum absolute atomic E-state index is 13.5. The van der Waals surface area contributed by atoms with Crippen LogP contribution >= 0.6 is 11.3 Å². The van der Waals surface area contributed by atoms with Crippen LogP contribution < -0.4 is 10.6 Å². The van der Waals surface area contributed by atoms with E-state index in [-0.39, 0.29) is 23.4 Å². The topological polar surface area (TPSA) is 58.2 Å². The zero-order chi connectivity index (χ0) is 22.9. The van der Waals surface area contributed by atoms with Crippen molar-refractivity contribution < 1.29 is 14.0 Å². The zero-order valence-corrected chi connectivity index (χ0v) is 18.9. The largest absolute Gasteiger partial charge is 0.362 e. The molecular formula is C27H23FN2O2S. The number of dihydropyridines is 1. The highest BCUT2D eigenvalue weighted by Gasteiger charge is 2.41. The lowest BCUT2D eigenvalue weighted by atomic mass is 9.73. The summed E-state index contributed by atoms with van der Waals surface area (Å²) in [4.78, 5) is 27.9. The second kappa shape index (κ2) is 8.79. The highest BCUT2D eigenvalue weighted by atomic mass is 32.1. The molecule has 0 spiro atoms. The van der Waals surface area contributed by atoms with Crippen LogP contribution in [0.2, 0.25) is 0 Å². The lowest BCUT2D eigenvalue weighted by Crippen LogP contribution is -2.36. The van der Waals surface area contributed by atoms with Crippen molar-refractivity contribution in [3.05, 3.63) is 111 Å². The molecule has 33 heavy (non-hydrogen) atoms. The van der Waals surface area contributed by atoms with Crippen molar-refractivity contribution in [2.24, 2.45) is 0 Å². The van der Waals surface area contributed by atoms with E-state index >= 15 is 0 Å². The number of nitrogens with one attached hydrogen (secondary N) is 2. The Kier molecular flexibility index (Phi) is 5.68. The van der Waals surface area contributed by atoms with E-state index in [1.165, 1.54) is 35.6 Å². The fourth-order valence-corrected chi connectivity index (χ4v) is 5.62. The fourth-order valence-electron chi connectivity index (χ4n) is 4.77. The van der Waals surface area contributed by atoms with E-state index in [2.05, 4.69) is 22.8 Å². The Labute approximate surface area is 195 Å². The van der Waals surface area contributed by atoms with Gasteiger partial charge in [-0.1, -0.05) is 36.4 Å². The lowest BCUT2D eigenvalue weighted by molar-refractivity contribution is -0.116. The van der Waals surface area contributed by atoms with Crippen LogP contribution in [0.1, 0.15) is 42.0 Å². The van der Waals surface area contributed by atoms with Gasteiger partial charge in [0.2, 0.25) is 0 Å². The molecule has 1 aromatic heterocycles. The first kappa shape index (κ1) is 21.3. The summed E-state index contributed by atoms with van der Waals surface area (Å²) in [5, 5.41) is 8.22. The molecule has 2 heterocycles. The van der Waals surface area contributed by atoms with E-state index in [0.717, 1.165) is 28.3 Å². The first-order chi connectivity index (χ1) is 16.0. The molecule has 1 aliphatic heterocycles. The van der Waals surface area contributed by atoms with Crippen molar-refractivity contribution in [2.75, 3.05) is 5.32 Å². The van der Waals surface area contributed by atoms with Crippen LogP contribution in [0, 0.1) is 5.82 Å². The van der Waals surface area contributed by atoms with Crippen LogP contribution in [0.15, 0.2) is 94.7 Å². The quantitative estimate of drug-likeness (QED) is 0.513. The Morgan fingerprint density at radius 3 is 2.48 bits per heavy atom. The third-order valence-electron chi connectivity index (χ3n) is 6.27. The number of allylic oxidation sites excluding steroid dienone is 3. The first-order valence-corrected chi connectivity index (χ1v) is 11.8. The van der Waals surface area contributed by atoms with E-state index in [9.17, 15) is 14.0 Å². The molecule has 0 radical (unpaired) electrons. The van der Waals surface area contributed by atoms with Gasteiger partial charge in [0, 0.05) is 39.5 Å². The number of halogens is 1. The molecule has 4 nitrogen and oxygen atoms in total. The highest BCUT2D eigenvalue weighted by Crippen LogP contribution is 2.46. The number of anilines is 1. The van der Waals surface area contributed by atoms with Gasteiger partial charge >= 0.3 is 0 Å². The molecular weight excluding hydrogens is 435 g/mol. The van der Waals surface area contributed by atoms with Gasteiger partial charge in [-0.05, 0) is 60.5 Å². The molecule has 2 N–H and O–H groups in total. The molecule has 0 saturated carbocycles. The Hall–Kier alpha value is -3.51. The third kappa shape index (κ3) is 4.14. The minimum atomic E-state index is -0.425. The molecule has 0 bridgehead atoms. The molecule has 6 heteroatoms. The van der Waals surface area contributed by atoms with Crippen LogP contribution in [0.3, 0.4) is 0 Å². The van der Waals surface area contributed by atoms with Gasteiger partial charge in [-0.3, -0.25) is 9.59 Å². The van der Waals surface area contributed by atoms with Gasteiger partial charge in [0.15, 0.2) is 5.78 Å². The molecule has 3 aromatic rings. The highest BCUT2D eigenvalue weighted by molar-refractivity contribution is 7.10. The summed E-state index contributed by atoms with van der Waals surface area (Å²) >= 11 is 1.54. The van der Waals surface area contributed by atoms with Crippen LogP contribution in [0.25, 0.3) is 0 Å². The molecule has 2 unspecified atom stereocenters. The maximum atomic E-state index is 13.5. The molecule has 1 aliphatic carbocycles. The molecule has 0 saturated heterocycles. The maximum Gasteiger partial charge on any atom is 0.254 e. The molecule has 1 amide bonds. The van der Waals surface area contributed by atoms with E-state index < -0.39 is 5.92 Å². The SMILES string of the molecule is CC1=C(C(=O)Nc2ccc(F)cc2)C(c2cccs2)C2=C(CC(c3ccccc3)CC2=O)N1. The summed E-state index contributed by atoms with van der Waals surface area (Å²) in [5.74, 6) is -0.915. The normalized spacial score (nSPS) is 20.4. The van der Waals surface area contributed by atoms with E-state index in [0.29, 0.717) is 23.3 Å².